The smallest absolute Gasteiger partial charge is 0.408 e. The van der Waals surface area contributed by atoms with Crippen molar-refractivity contribution in [2.24, 2.45) is 0 Å². The third-order valence-electron chi connectivity index (χ3n) is 1.64. The largest absolute Gasteiger partial charge is 0.480 e. The number of carbonyl (C=O) groups excluding carboxylic acids is 1. The number of ether oxygens (including phenoxy) is 1. The van der Waals surface area contributed by atoms with Gasteiger partial charge in [0.25, 0.3) is 0 Å². The van der Waals surface area contributed by atoms with E-state index in [0.29, 0.717) is 5.57 Å². The maximum atomic E-state index is 12.2. The molecule has 0 bridgehead atoms. The van der Waals surface area contributed by atoms with E-state index in [9.17, 15) is 14.0 Å². The van der Waals surface area contributed by atoms with E-state index >= 15 is 0 Å². The minimum Gasteiger partial charge on any atom is -0.480 e. The number of rotatable bonds is 4. The van der Waals surface area contributed by atoms with Gasteiger partial charge in [-0.25, -0.2) is 9.18 Å². The van der Waals surface area contributed by atoms with Crippen LogP contribution in [0.4, 0.5) is 9.18 Å². The fraction of sp³-hybridized carbons (Fsp3) is 0.429. The summed E-state index contributed by atoms with van der Waals surface area (Å²) in [6.07, 6.45) is 1.90. The van der Waals surface area contributed by atoms with E-state index in [4.69, 9.17) is 9.84 Å². The van der Waals surface area contributed by atoms with E-state index in [1.807, 2.05) is 0 Å². The van der Waals surface area contributed by atoms with Gasteiger partial charge in [0.1, 0.15) is 18.0 Å². The first-order valence-electron chi connectivity index (χ1n) is 5.83. The zero-order chi connectivity index (χ0) is 16.3. The molecule has 0 heterocycles. The van der Waals surface area contributed by atoms with Crippen molar-refractivity contribution in [2.45, 2.75) is 33.3 Å². The monoisotopic (exact) mass is 287 g/mol. The van der Waals surface area contributed by atoms with Crippen molar-refractivity contribution in [3.8, 4) is 0 Å². The van der Waals surface area contributed by atoms with E-state index in [1.54, 1.807) is 27.7 Å². The lowest BCUT2D eigenvalue weighted by Crippen LogP contribution is -2.35. The van der Waals surface area contributed by atoms with Crippen molar-refractivity contribution in [3.63, 3.8) is 0 Å². The molecule has 0 aliphatic heterocycles. The minimum absolute atomic E-state index is 0.306. The predicted molar refractivity (Wildman–Crippen MR) is 76.1 cm³/mol. The summed E-state index contributed by atoms with van der Waals surface area (Å²) in [6, 6.07) is 0. The van der Waals surface area contributed by atoms with Crippen LogP contribution in [0.25, 0.3) is 0 Å². The van der Waals surface area contributed by atoms with Crippen molar-refractivity contribution in [1.29, 1.82) is 0 Å². The fourth-order valence-electron chi connectivity index (χ4n) is 0.720. The number of aliphatic carboxylic acids is 1. The molecule has 0 unspecified atom stereocenters. The lowest BCUT2D eigenvalue weighted by Gasteiger charge is -2.19. The number of carboxylic acids is 1. The Labute approximate surface area is 118 Å². The van der Waals surface area contributed by atoms with Crippen LogP contribution in [0.3, 0.4) is 0 Å². The molecule has 5 nitrogen and oxygen atoms in total. The van der Waals surface area contributed by atoms with Crippen LogP contribution in [0, 0.1) is 0 Å². The second-order valence-electron chi connectivity index (χ2n) is 4.69. The van der Waals surface area contributed by atoms with Crippen LogP contribution in [0.1, 0.15) is 27.7 Å². The molecular weight excluding hydrogens is 265 g/mol. The zero-order valence-electron chi connectivity index (χ0n) is 12.3. The topological polar surface area (TPSA) is 75.6 Å². The van der Waals surface area contributed by atoms with E-state index < -0.39 is 24.2 Å². The van der Waals surface area contributed by atoms with Crippen molar-refractivity contribution < 1.29 is 23.8 Å². The molecule has 20 heavy (non-hydrogen) atoms. The van der Waals surface area contributed by atoms with Crippen LogP contribution in [0.15, 0.2) is 36.7 Å². The molecule has 2 N–H and O–H groups in total. The molecule has 0 radical (unpaired) electrons. The summed E-state index contributed by atoms with van der Waals surface area (Å²) in [5.41, 5.74) is -0.0669. The van der Waals surface area contributed by atoms with Gasteiger partial charge in [0.15, 0.2) is 0 Å². The molecule has 0 aromatic heterocycles. The Balaban J connectivity index is 0. The van der Waals surface area contributed by atoms with E-state index in [2.05, 4.69) is 18.5 Å². The Bertz CT molecular complexity index is 378. The maximum absolute atomic E-state index is 12.2. The molecule has 0 aromatic carbocycles. The van der Waals surface area contributed by atoms with Gasteiger partial charge in [0.05, 0.1) is 0 Å². The number of carbonyl (C=O) groups is 2. The molecular formula is C14H22FNO4. The van der Waals surface area contributed by atoms with Gasteiger partial charge < -0.3 is 15.2 Å². The SMILES string of the molecule is C=C/C(C)=C(/F)C=C.CC(C)(C)OC(=O)NCC(=O)O. The van der Waals surface area contributed by atoms with Gasteiger partial charge in [-0.2, -0.15) is 0 Å². The van der Waals surface area contributed by atoms with E-state index in [-0.39, 0.29) is 5.83 Å². The average Bonchev–Trinajstić information content (AvgIpc) is 2.33. The van der Waals surface area contributed by atoms with Crippen molar-refractivity contribution >= 4 is 12.1 Å². The maximum Gasteiger partial charge on any atom is 0.408 e. The number of carboxylic acid groups (broad SMARTS) is 1. The molecule has 0 rings (SSSR count). The first kappa shape index (κ1) is 20.2. The fourth-order valence-corrected chi connectivity index (χ4v) is 0.720. The summed E-state index contributed by atoms with van der Waals surface area (Å²) in [7, 11) is 0. The number of alkyl carbamates (subject to hydrolysis) is 1. The summed E-state index contributed by atoms with van der Waals surface area (Å²) >= 11 is 0. The second-order valence-corrected chi connectivity index (χ2v) is 4.69. The molecule has 0 saturated heterocycles. The number of halogens is 1. The third-order valence-corrected chi connectivity index (χ3v) is 1.64. The normalized spacial score (nSPS) is 11.2. The Hall–Kier alpha value is -2.11. The molecule has 114 valence electrons. The minimum atomic E-state index is -1.10. The lowest BCUT2D eigenvalue weighted by molar-refractivity contribution is -0.136. The molecule has 0 aromatic rings. The molecule has 0 saturated carbocycles. The molecule has 0 aliphatic rings. The lowest BCUT2D eigenvalue weighted by atomic mass is 10.2. The quantitative estimate of drug-likeness (QED) is 0.778. The van der Waals surface area contributed by atoms with Gasteiger partial charge in [-0.3, -0.25) is 4.79 Å². The van der Waals surface area contributed by atoms with E-state index in [1.165, 1.54) is 6.08 Å². The van der Waals surface area contributed by atoms with E-state index in [0.717, 1.165) is 6.08 Å². The average molecular weight is 287 g/mol. The highest BCUT2D eigenvalue weighted by molar-refractivity contribution is 5.76. The Morgan fingerprint density at radius 2 is 1.80 bits per heavy atom. The van der Waals surface area contributed by atoms with Crippen LogP contribution < -0.4 is 5.32 Å². The van der Waals surface area contributed by atoms with Crippen LogP contribution in [0.2, 0.25) is 0 Å². The van der Waals surface area contributed by atoms with Crippen LogP contribution in [-0.2, 0) is 9.53 Å². The number of hydrogen-bond donors (Lipinski definition) is 2. The highest BCUT2D eigenvalue weighted by Crippen LogP contribution is 2.06. The number of allylic oxidation sites excluding steroid dienone is 4. The summed E-state index contributed by atoms with van der Waals surface area (Å²) in [5, 5.41) is 10.3. The molecule has 0 spiro atoms. The predicted octanol–water partition coefficient (Wildman–Crippen LogP) is 3.20. The highest BCUT2D eigenvalue weighted by atomic mass is 19.1. The van der Waals surface area contributed by atoms with Crippen molar-refractivity contribution in [1.82, 2.24) is 5.32 Å². The van der Waals surface area contributed by atoms with Gasteiger partial charge >= 0.3 is 12.1 Å². The molecule has 0 fully saturated rings. The molecule has 0 aliphatic carbocycles. The molecule has 0 atom stereocenters. The second kappa shape index (κ2) is 9.77. The van der Waals surface area contributed by atoms with Gasteiger partial charge in [-0.05, 0) is 39.3 Å². The Kier molecular flexibility index (Phi) is 9.88. The molecule has 1 amide bonds. The first-order chi connectivity index (χ1) is 9.03. The number of nitrogens with one attached hydrogen (secondary N) is 1. The van der Waals surface area contributed by atoms with Gasteiger partial charge in [0, 0.05) is 0 Å². The van der Waals surface area contributed by atoms with Crippen LogP contribution in [-0.4, -0.2) is 29.3 Å². The number of amides is 1. The van der Waals surface area contributed by atoms with Crippen molar-refractivity contribution in [2.75, 3.05) is 6.54 Å². The van der Waals surface area contributed by atoms with Gasteiger partial charge in [0.2, 0.25) is 0 Å². The van der Waals surface area contributed by atoms with Crippen molar-refractivity contribution in [3.05, 3.63) is 36.7 Å². The molecule has 6 heteroatoms. The van der Waals surface area contributed by atoms with Gasteiger partial charge in [-0.1, -0.05) is 19.2 Å². The zero-order valence-corrected chi connectivity index (χ0v) is 12.3. The summed E-state index contributed by atoms with van der Waals surface area (Å²) in [4.78, 5) is 20.8. The summed E-state index contributed by atoms with van der Waals surface area (Å²) < 4.78 is 17.0. The van der Waals surface area contributed by atoms with Gasteiger partial charge in [-0.15, -0.1) is 0 Å². The highest BCUT2D eigenvalue weighted by Gasteiger charge is 2.16. The van der Waals surface area contributed by atoms with Crippen LogP contribution in [0.5, 0.6) is 0 Å². The third kappa shape index (κ3) is 14.0. The first-order valence-corrected chi connectivity index (χ1v) is 5.83. The standard InChI is InChI=1S/C7H9F.C7H13NO4/c1-4-6(3)7(8)5-2;1-7(2,3)12-6(11)8-4-5(9)10/h4-5H,1-2H2,3H3;4H2,1-3H3,(H,8,11)(H,9,10)/b7-6+;. The Morgan fingerprint density at radius 3 is 2.05 bits per heavy atom. The number of hydrogen-bond acceptors (Lipinski definition) is 3. The van der Waals surface area contributed by atoms with Crippen LogP contribution >= 0.6 is 0 Å². The summed E-state index contributed by atoms with van der Waals surface area (Å²) in [5.74, 6) is -1.40. The Morgan fingerprint density at radius 1 is 1.30 bits per heavy atom. The summed E-state index contributed by atoms with van der Waals surface area (Å²) in [6.45, 7) is 13.0.